The van der Waals surface area contributed by atoms with Crippen molar-refractivity contribution in [3.8, 4) is 0 Å². The van der Waals surface area contributed by atoms with E-state index in [1.54, 1.807) is 0 Å². The van der Waals surface area contributed by atoms with Crippen molar-refractivity contribution in [1.29, 1.82) is 0 Å². The monoisotopic (exact) mass is 358 g/mol. The van der Waals surface area contributed by atoms with E-state index in [-0.39, 0.29) is 16.3 Å². The van der Waals surface area contributed by atoms with Crippen molar-refractivity contribution in [1.82, 2.24) is 14.5 Å². The van der Waals surface area contributed by atoms with Crippen LogP contribution in [0, 0.1) is 0 Å². The maximum absolute atomic E-state index is 12.3. The number of ether oxygens (including phenoxy) is 2. The summed E-state index contributed by atoms with van der Waals surface area (Å²) in [4.78, 5) is 41.1. The molecule has 1 aliphatic heterocycles. The van der Waals surface area contributed by atoms with E-state index >= 15 is 0 Å². The number of thiazole rings is 1. The first-order valence-electron chi connectivity index (χ1n) is 6.86. The Labute approximate surface area is 137 Å². The van der Waals surface area contributed by atoms with Crippen LogP contribution in [0.4, 0.5) is 5.95 Å². The van der Waals surface area contributed by atoms with Gasteiger partial charge in [0.05, 0.1) is 6.61 Å². The summed E-state index contributed by atoms with van der Waals surface area (Å²) in [6, 6.07) is 0. The molecule has 1 aliphatic rings. The van der Waals surface area contributed by atoms with Gasteiger partial charge in [0, 0.05) is 6.92 Å². The molecule has 5 N–H and O–H groups in total. The molecule has 11 nitrogen and oxygen atoms in total. The molecule has 0 amide bonds. The van der Waals surface area contributed by atoms with Crippen LogP contribution in [0.25, 0.3) is 10.3 Å². The number of H-pyrrole nitrogens is 1. The minimum absolute atomic E-state index is 0.0151. The van der Waals surface area contributed by atoms with Gasteiger partial charge in [-0.05, 0) is 0 Å². The fourth-order valence-corrected chi connectivity index (χ4v) is 3.41. The van der Waals surface area contributed by atoms with E-state index in [1.807, 2.05) is 0 Å². The highest BCUT2D eigenvalue weighted by Crippen LogP contribution is 2.33. The van der Waals surface area contributed by atoms with Gasteiger partial charge in [-0.25, -0.2) is 0 Å². The molecule has 0 spiro atoms. The first kappa shape index (κ1) is 16.6. The van der Waals surface area contributed by atoms with Crippen molar-refractivity contribution >= 4 is 33.6 Å². The molecule has 0 aromatic carbocycles. The number of fused-ring (bicyclic) bond motifs is 1. The second kappa shape index (κ2) is 5.98. The average Bonchev–Trinajstić information content (AvgIpc) is 2.97. The van der Waals surface area contributed by atoms with E-state index in [0.29, 0.717) is 11.3 Å². The second-order valence-electron chi connectivity index (χ2n) is 5.15. The molecule has 3 heterocycles. The zero-order chi connectivity index (χ0) is 17.6. The van der Waals surface area contributed by atoms with Crippen molar-refractivity contribution in [2.45, 2.75) is 31.5 Å². The molecular formula is C12H14N4O7S. The number of aliphatic hydroxyl groups is 2. The quantitative estimate of drug-likeness (QED) is 0.449. The molecule has 2 aromatic rings. The van der Waals surface area contributed by atoms with Gasteiger partial charge >= 0.3 is 10.8 Å². The van der Waals surface area contributed by atoms with E-state index in [1.165, 1.54) is 0 Å². The number of rotatable bonds is 3. The number of aromatic nitrogens is 3. The van der Waals surface area contributed by atoms with Crippen LogP contribution >= 0.6 is 11.3 Å². The SMILES string of the molecule is CC(=O)O[C@@H]1[C@H](O)[C@@H](CO)O[C@H]1n1c(=O)sc2c(=O)[nH]c(N)nc21. The molecule has 0 aliphatic carbocycles. The molecule has 0 radical (unpaired) electrons. The number of hydrogen-bond acceptors (Lipinski definition) is 10. The van der Waals surface area contributed by atoms with Crippen LogP contribution in [0.3, 0.4) is 0 Å². The smallest absolute Gasteiger partial charge is 0.311 e. The number of carbonyl (C=O) groups excluding carboxylic acids is 1. The number of aliphatic hydroxyl groups excluding tert-OH is 2. The first-order chi connectivity index (χ1) is 11.3. The molecular weight excluding hydrogens is 344 g/mol. The van der Waals surface area contributed by atoms with Crippen LogP contribution in [0.5, 0.6) is 0 Å². The van der Waals surface area contributed by atoms with Crippen molar-refractivity contribution in [3.05, 3.63) is 20.0 Å². The number of hydrogen-bond donors (Lipinski definition) is 4. The van der Waals surface area contributed by atoms with Crippen LogP contribution in [-0.4, -0.2) is 55.6 Å². The van der Waals surface area contributed by atoms with E-state index in [4.69, 9.17) is 15.2 Å². The Hall–Kier alpha value is -2.28. The third-order valence-electron chi connectivity index (χ3n) is 3.54. The van der Waals surface area contributed by atoms with Gasteiger partial charge in [0.25, 0.3) is 5.56 Å². The Bertz CT molecular complexity index is 903. The lowest BCUT2D eigenvalue weighted by molar-refractivity contribution is -0.155. The standard InChI is InChI=1S/C12H14N4O7S/c1-3(18)22-6-5(19)4(2-17)23-10(6)16-8-7(24-12(16)21)9(20)15-11(13)14-8/h4-6,10,17,19H,2H2,1H3,(H3,13,14,15,20)/t4-,5-,6-,10-/m1/s1. The summed E-state index contributed by atoms with van der Waals surface area (Å²) >= 11 is 0.613. The zero-order valence-electron chi connectivity index (χ0n) is 12.3. The number of carbonyl (C=O) groups is 1. The number of nitrogen functional groups attached to an aromatic ring is 1. The molecule has 0 unspecified atom stereocenters. The highest BCUT2D eigenvalue weighted by molar-refractivity contribution is 7.16. The van der Waals surface area contributed by atoms with E-state index in [9.17, 15) is 24.6 Å². The predicted octanol–water partition coefficient (Wildman–Crippen LogP) is -2.09. The summed E-state index contributed by atoms with van der Waals surface area (Å²) in [5.41, 5.74) is 4.85. The molecule has 1 saturated heterocycles. The fourth-order valence-electron chi connectivity index (χ4n) is 2.57. The van der Waals surface area contributed by atoms with Gasteiger partial charge in [-0.3, -0.25) is 23.9 Å². The van der Waals surface area contributed by atoms with Crippen molar-refractivity contribution < 1.29 is 24.5 Å². The second-order valence-corrected chi connectivity index (χ2v) is 6.12. The lowest BCUT2D eigenvalue weighted by Crippen LogP contribution is -2.37. The summed E-state index contributed by atoms with van der Waals surface area (Å²) in [6.45, 7) is 0.577. The van der Waals surface area contributed by atoms with Crippen LogP contribution in [0.2, 0.25) is 0 Å². The van der Waals surface area contributed by atoms with Crippen LogP contribution in [0.1, 0.15) is 13.2 Å². The van der Waals surface area contributed by atoms with Gasteiger partial charge in [0.15, 0.2) is 18.0 Å². The van der Waals surface area contributed by atoms with Gasteiger partial charge in [0.2, 0.25) is 5.95 Å². The number of nitrogens with zero attached hydrogens (tertiary/aromatic N) is 2. The molecule has 130 valence electrons. The van der Waals surface area contributed by atoms with E-state index in [2.05, 4.69) is 9.97 Å². The van der Waals surface area contributed by atoms with Gasteiger partial charge in [-0.1, -0.05) is 11.3 Å². The number of nitrogens with two attached hydrogens (primary N) is 1. The lowest BCUT2D eigenvalue weighted by atomic mass is 10.1. The number of esters is 1. The molecule has 4 atom stereocenters. The summed E-state index contributed by atoms with van der Waals surface area (Å²) < 4.78 is 11.5. The minimum Gasteiger partial charge on any atom is -0.455 e. The van der Waals surface area contributed by atoms with Crippen molar-refractivity contribution in [3.63, 3.8) is 0 Å². The van der Waals surface area contributed by atoms with Gasteiger partial charge in [0.1, 0.15) is 16.9 Å². The summed E-state index contributed by atoms with van der Waals surface area (Å²) in [5.74, 6) is -0.913. The van der Waals surface area contributed by atoms with Crippen molar-refractivity contribution in [2.75, 3.05) is 12.3 Å². The highest BCUT2D eigenvalue weighted by Gasteiger charge is 2.48. The van der Waals surface area contributed by atoms with E-state index in [0.717, 1.165) is 11.5 Å². The maximum atomic E-state index is 12.3. The topological polar surface area (TPSA) is 170 Å². The lowest BCUT2D eigenvalue weighted by Gasteiger charge is -2.20. The van der Waals surface area contributed by atoms with Gasteiger partial charge in [-0.15, -0.1) is 0 Å². The number of aromatic amines is 1. The molecule has 2 aromatic heterocycles. The zero-order valence-corrected chi connectivity index (χ0v) is 13.1. The number of anilines is 1. The molecule has 0 saturated carbocycles. The minimum atomic E-state index is -1.36. The summed E-state index contributed by atoms with van der Waals surface area (Å²) in [6.07, 6.45) is -4.93. The fraction of sp³-hybridized carbons (Fsp3) is 0.500. The summed E-state index contributed by atoms with van der Waals surface area (Å²) in [5, 5.41) is 19.4. The Morgan fingerprint density at radius 1 is 1.54 bits per heavy atom. The molecule has 12 heteroatoms. The molecule has 3 rings (SSSR count). The Morgan fingerprint density at radius 2 is 2.25 bits per heavy atom. The van der Waals surface area contributed by atoms with E-state index < -0.39 is 47.5 Å². The number of nitrogens with one attached hydrogen (secondary N) is 1. The van der Waals surface area contributed by atoms with Crippen LogP contribution in [0.15, 0.2) is 9.59 Å². The van der Waals surface area contributed by atoms with Gasteiger partial charge in [-0.2, -0.15) is 4.98 Å². The first-order valence-corrected chi connectivity index (χ1v) is 7.67. The van der Waals surface area contributed by atoms with Gasteiger partial charge < -0.3 is 25.4 Å². The largest absolute Gasteiger partial charge is 0.455 e. The summed E-state index contributed by atoms with van der Waals surface area (Å²) in [7, 11) is 0. The normalized spacial score (nSPS) is 26.8. The predicted molar refractivity (Wildman–Crippen MR) is 81.5 cm³/mol. The van der Waals surface area contributed by atoms with Crippen LogP contribution in [-0.2, 0) is 14.3 Å². The third kappa shape index (κ3) is 2.58. The molecule has 0 bridgehead atoms. The molecule has 1 fully saturated rings. The van der Waals surface area contributed by atoms with Crippen LogP contribution < -0.4 is 16.2 Å². The maximum Gasteiger partial charge on any atom is 0.311 e. The average molecular weight is 358 g/mol. The Kier molecular flexibility index (Phi) is 4.13. The molecule has 24 heavy (non-hydrogen) atoms. The van der Waals surface area contributed by atoms with Crippen molar-refractivity contribution in [2.24, 2.45) is 0 Å². The Balaban J connectivity index is 2.17. The third-order valence-corrected chi connectivity index (χ3v) is 4.48. The Morgan fingerprint density at radius 3 is 2.88 bits per heavy atom. The highest BCUT2D eigenvalue weighted by atomic mass is 32.1.